The van der Waals surface area contributed by atoms with E-state index in [4.69, 9.17) is 9.47 Å². The fraction of sp³-hybridized carbons (Fsp3) is 0.481. The van der Waals surface area contributed by atoms with Gasteiger partial charge in [0.25, 0.3) is 0 Å². The summed E-state index contributed by atoms with van der Waals surface area (Å²) in [6.07, 6.45) is 10.4. The molecule has 5 aliphatic rings. The third kappa shape index (κ3) is 2.62. The Bertz CT molecular complexity index is 1180. The maximum Gasteiger partial charge on any atom is 0.411 e. The summed E-state index contributed by atoms with van der Waals surface area (Å²) in [6.45, 7) is 1.63. The van der Waals surface area contributed by atoms with E-state index in [0.29, 0.717) is 18.3 Å². The molecule has 1 aromatic carbocycles. The van der Waals surface area contributed by atoms with E-state index in [0.717, 1.165) is 43.4 Å². The molecule has 2 bridgehead atoms. The molecule has 2 aromatic rings. The third-order valence-electron chi connectivity index (χ3n) is 8.92. The summed E-state index contributed by atoms with van der Waals surface area (Å²) in [7, 11) is 2.20. The van der Waals surface area contributed by atoms with Crippen molar-refractivity contribution in [1.82, 2.24) is 14.8 Å². The summed E-state index contributed by atoms with van der Waals surface area (Å²) < 4.78 is 12.7. The van der Waals surface area contributed by atoms with Crippen LogP contribution in [0.4, 0.5) is 4.79 Å². The molecule has 1 aromatic heterocycles. The molecule has 7 nitrogen and oxygen atoms in total. The first-order valence-electron chi connectivity index (χ1n) is 12.4. The minimum atomic E-state index is -0.499. The first-order chi connectivity index (χ1) is 16.6. The van der Waals surface area contributed by atoms with Crippen LogP contribution < -0.4 is 4.74 Å². The van der Waals surface area contributed by atoms with Gasteiger partial charge in [0.15, 0.2) is 17.6 Å². The van der Waals surface area contributed by atoms with Gasteiger partial charge in [-0.15, -0.1) is 0 Å². The van der Waals surface area contributed by atoms with Gasteiger partial charge >= 0.3 is 6.09 Å². The van der Waals surface area contributed by atoms with Gasteiger partial charge in [-0.2, -0.15) is 0 Å². The maximum atomic E-state index is 13.4. The monoisotopic (exact) mass is 459 g/mol. The second-order valence-electron chi connectivity index (χ2n) is 10.4. The van der Waals surface area contributed by atoms with Crippen LogP contribution in [-0.2, 0) is 16.6 Å². The highest BCUT2D eigenvalue weighted by atomic mass is 16.6. The smallest absolute Gasteiger partial charge is 0.411 e. The number of amides is 1. The van der Waals surface area contributed by atoms with Crippen LogP contribution in [0.5, 0.6) is 11.5 Å². The van der Waals surface area contributed by atoms with Crippen molar-refractivity contribution in [1.29, 1.82) is 0 Å². The van der Waals surface area contributed by atoms with E-state index < -0.39 is 6.10 Å². The highest BCUT2D eigenvalue weighted by molar-refractivity contribution is 5.70. The average molecular weight is 460 g/mol. The second-order valence-corrected chi connectivity index (χ2v) is 10.4. The number of carbonyl (C=O) groups is 1. The van der Waals surface area contributed by atoms with Crippen molar-refractivity contribution in [2.24, 2.45) is 5.92 Å². The van der Waals surface area contributed by atoms with Gasteiger partial charge in [-0.1, -0.05) is 18.2 Å². The van der Waals surface area contributed by atoms with Crippen LogP contribution in [0.25, 0.3) is 0 Å². The highest BCUT2D eigenvalue weighted by Gasteiger charge is 2.65. The van der Waals surface area contributed by atoms with Gasteiger partial charge < -0.3 is 24.4 Å². The number of ether oxygens (including phenoxy) is 2. The van der Waals surface area contributed by atoms with Crippen molar-refractivity contribution in [2.45, 2.75) is 55.4 Å². The number of benzene rings is 1. The van der Waals surface area contributed by atoms with Gasteiger partial charge in [-0.25, -0.2) is 4.79 Å². The number of piperidine rings is 1. The zero-order valence-electron chi connectivity index (χ0n) is 19.3. The molecule has 7 rings (SSSR count). The topological polar surface area (TPSA) is 75.1 Å². The summed E-state index contributed by atoms with van der Waals surface area (Å²) in [5, 5.41) is 10.7. The molecule has 1 amide bonds. The molecule has 1 N–H and O–H groups in total. The fourth-order valence-corrected chi connectivity index (χ4v) is 7.41. The lowest BCUT2D eigenvalue weighted by Gasteiger charge is -2.56. The molecule has 2 fully saturated rings. The lowest BCUT2D eigenvalue weighted by Crippen LogP contribution is -2.65. The molecule has 4 heterocycles. The Kier molecular flexibility index (Phi) is 4.31. The minimum Gasteiger partial charge on any atom is -0.504 e. The number of carbonyl (C=O) groups excluding carboxylic acids is 1. The van der Waals surface area contributed by atoms with E-state index in [9.17, 15) is 9.90 Å². The molecule has 176 valence electrons. The number of hydrogen-bond acceptors (Lipinski definition) is 6. The number of likely N-dealkylation sites (tertiary alicyclic amines) is 2. The van der Waals surface area contributed by atoms with Crippen molar-refractivity contribution in [3.05, 3.63) is 65.5 Å². The maximum absolute atomic E-state index is 13.4. The molecule has 6 atom stereocenters. The molecule has 0 saturated carbocycles. The predicted octanol–water partition coefficient (Wildman–Crippen LogP) is 3.57. The number of nitrogens with zero attached hydrogens (tertiary/aromatic N) is 3. The van der Waals surface area contributed by atoms with Gasteiger partial charge in [-0.05, 0) is 68.6 Å². The molecule has 7 heteroatoms. The van der Waals surface area contributed by atoms with Crippen LogP contribution in [0.1, 0.15) is 42.0 Å². The molecule has 2 aliphatic carbocycles. The number of pyridine rings is 1. The molecule has 3 aliphatic heterocycles. The van der Waals surface area contributed by atoms with Gasteiger partial charge in [0.05, 0.1) is 6.04 Å². The number of phenols is 1. The Hall–Kier alpha value is -3.06. The van der Waals surface area contributed by atoms with Crippen molar-refractivity contribution < 1.29 is 19.4 Å². The van der Waals surface area contributed by atoms with E-state index in [1.54, 1.807) is 12.3 Å². The van der Waals surface area contributed by atoms with Gasteiger partial charge in [0, 0.05) is 41.9 Å². The van der Waals surface area contributed by atoms with E-state index in [1.807, 2.05) is 35.4 Å². The van der Waals surface area contributed by atoms with E-state index in [2.05, 4.69) is 23.0 Å². The van der Waals surface area contributed by atoms with E-state index in [1.165, 1.54) is 5.56 Å². The standard InChI is InChI=1S/C27H29N3O4/c1-29-13-10-27-18-7-9-22(25(27)34-24-21(31)8-6-16(23(24)27)14-20(18)29)33-26(32)30-12-3-5-19(30)17-4-2-11-28-15-17/h2,4,6-9,11,15,18-20,22,25,31H,3,5,10,12-14H2,1H3/t18-,19-,20+,22?,25-,27-/m0/s1. The predicted molar refractivity (Wildman–Crippen MR) is 125 cm³/mol. The van der Waals surface area contributed by atoms with Gasteiger partial charge in [0.2, 0.25) is 0 Å². The Morgan fingerprint density at radius 1 is 1.26 bits per heavy atom. The minimum absolute atomic E-state index is 0.0144. The molecule has 34 heavy (non-hydrogen) atoms. The molecular weight excluding hydrogens is 430 g/mol. The highest BCUT2D eigenvalue weighted by Crippen LogP contribution is 2.62. The summed E-state index contributed by atoms with van der Waals surface area (Å²) >= 11 is 0. The van der Waals surface area contributed by atoms with E-state index >= 15 is 0 Å². The summed E-state index contributed by atoms with van der Waals surface area (Å²) in [4.78, 5) is 22.0. The normalized spacial score (nSPS) is 35.1. The Morgan fingerprint density at radius 2 is 2.18 bits per heavy atom. The Labute approximate surface area is 199 Å². The third-order valence-corrected chi connectivity index (χ3v) is 8.92. The number of likely N-dealkylation sites (N-methyl/N-ethyl adjacent to an activating group) is 1. The zero-order chi connectivity index (χ0) is 23.0. The van der Waals surface area contributed by atoms with E-state index in [-0.39, 0.29) is 35.3 Å². The van der Waals surface area contributed by atoms with Crippen molar-refractivity contribution >= 4 is 6.09 Å². The number of rotatable bonds is 2. The lowest BCUT2D eigenvalue weighted by atomic mass is 9.53. The number of aromatic nitrogens is 1. The van der Waals surface area contributed by atoms with Crippen LogP contribution in [-0.4, -0.2) is 64.4 Å². The summed E-state index contributed by atoms with van der Waals surface area (Å²) in [5.74, 6) is 1.05. The van der Waals surface area contributed by atoms with Crippen LogP contribution in [0, 0.1) is 5.92 Å². The van der Waals surface area contributed by atoms with Crippen LogP contribution in [0.15, 0.2) is 48.8 Å². The van der Waals surface area contributed by atoms with Gasteiger partial charge in [-0.3, -0.25) is 4.98 Å². The lowest BCUT2D eigenvalue weighted by molar-refractivity contribution is -0.0554. The fourth-order valence-electron chi connectivity index (χ4n) is 7.41. The van der Waals surface area contributed by atoms with Crippen molar-refractivity contribution in [2.75, 3.05) is 20.1 Å². The number of phenolic OH excluding ortho intramolecular Hbond substituents is 1. The first-order valence-corrected chi connectivity index (χ1v) is 12.4. The molecule has 2 saturated heterocycles. The Balaban J connectivity index is 1.23. The van der Waals surface area contributed by atoms with Crippen LogP contribution >= 0.6 is 0 Å². The van der Waals surface area contributed by atoms with Crippen LogP contribution in [0.3, 0.4) is 0 Å². The molecule has 1 unspecified atom stereocenters. The average Bonchev–Trinajstić information content (AvgIpc) is 3.48. The Morgan fingerprint density at radius 3 is 3.03 bits per heavy atom. The summed E-state index contributed by atoms with van der Waals surface area (Å²) in [5.41, 5.74) is 3.16. The molecule has 0 radical (unpaired) electrons. The first kappa shape index (κ1) is 20.3. The SMILES string of the molecule is CN1CC[C@]23c4c5ccc(O)c4O[C@H]2C(OC(=O)N2CCC[C@H]2c2cccnc2)C=C[C@H]3[C@H]1C5. The van der Waals surface area contributed by atoms with Crippen molar-refractivity contribution in [3.8, 4) is 11.5 Å². The number of aromatic hydroxyl groups is 1. The van der Waals surface area contributed by atoms with Crippen molar-refractivity contribution in [3.63, 3.8) is 0 Å². The quantitative estimate of drug-likeness (QED) is 0.692. The summed E-state index contributed by atoms with van der Waals surface area (Å²) in [6, 6.07) is 8.09. The zero-order valence-corrected chi connectivity index (χ0v) is 19.3. The second kappa shape index (κ2) is 7.22. The largest absolute Gasteiger partial charge is 0.504 e. The van der Waals surface area contributed by atoms with Gasteiger partial charge in [0.1, 0.15) is 6.10 Å². The number of hydrogen-bond donors (Lipinski definition) is 1. The van der Waals surface area contributed by atoms with Crippen LogP contribution in [0.2, 0.25) is 0 Å². The molecular formula is C27H29N3O4. The molecule has 1 spiro atoms.